The molecule has 0 atom stereocenters. The molecule has 0 saturated heterocycles. The SMILES string of the molecule is C=Cc1c(/C(C)=C\C)oc2c(C)cccc12. The van der Waals surface area contributed by atoms with Gasteiger partial charge in [-0.25, -0.2) is 0 Å². The first-order chi connectivity index (χ1) is 7.69. The van der Waals surface area contributed by atoms with E-state index in [-0.39, 0.29) is 0 Å². The van der Waals surface area contributed by atoms with Gasteiger partial charge in [0, 0.05) is 10.9 Å². The van der Waals surface area contributed by atoms with Gasteiger partial charge in [0.1, 0.15) is 11.3 Å². The summed E-state index contributed by atoms with van der Waals surface area (Å²) in [6, 6.07) is 6.19. The van der Waals surface area contributed by atoms with Gasteiger partial charge in [0.2, 0.25) is 0 Å². The van der Waals surface area contributed by atoms with Crippen LogP contribution in [0.15, 0.2) is 35.3 Å². The van der Waals surface area contributed by atoms with Crippen molar-refractivity contribution in [3.63, 3.8) is 0 Å². The molecule has 0 radical (unpaired) electrons. The average molecular weight is 212 g/mol. The third-order valence-corrected chi connectivity index (χ3v) is 2.95. The van der Waals surface area contributed by atoms with Crippen LogP contribution in [0.1, 0.15) is 30.7 Å². The lowest BCUT2D eigenvalue weighted by atomic mass is 10.1. The van der Waals surface area contributed by atoms with E-state index in [0.717, 1.165) is 33.4 Å². The van der Waals surface area contributed by atoms with E-state index in [1.807, 2.05) is 13.0 Å². The van der Waals surface area contributed by atoms with Gasteiger partial charge in [-0.05, 0) is 31.9 Å². The molecule has 0 saturated carbocycles. The van der Waals surface area contributed by atoms with Crippen molar-refractivity contribution in [3.05, 3.63) is 47.7 Å². The second-order valence-corrected chi connectivity index (χ2v) is 3.97. The molecular formula is C15H16O. The van der Waals surface area contributed by atoms with Crippen LogP contribution in [0.5, 0.6) is 0 Å². The highest BCUT2D eigenvalue weighted by Gasteiger charge is 2.13. The lowest BCUT2D eigenvalue weighted by molar-refractivity contribution is 0.596. The summed E-state index contributed by atoms with van der Waals surface area (Å²) < 4.78 is 5.93. The quantitative estimate of drug-likeness (QED) is 0.696. The van der Waals surface area contributed by atoms with Gasteiger partial charge in [0.15, 0.2) is 0 Å². The van der Waals surface area contributed by atoms with Crippen LogP contribution in [0, 0.1) is 6.92 Å². The molecule has 16 heavy (non-hydrogen) atoms. The molecule has 82 valence electrons. The van der Waals surface area contributed by atoms with Crippen LogP contribution >= 0.6 is 0 Å². The third-order valence-electron chi connectivity index (χ3n) is 2.95. The average Bonchev–Trinajstić information content (AvgIpc) is 2.68. The van der Waals surface area contributed by atoms with Gasteiger partial charge < -0.3 is 4.42 Å². The van der Waals surface area contributed by atoms with Crippen LogP contribution in [0.25, 0.3) is 22.6 Å². The number of hydrogen-bond donors (Lipinski definition) is 0. The Balaban J connectivity index is 2.86. The minimum Gasteiger partial charge on any atom is -0.456 e. The van der Waals surface area contributed by atoms with E-state index < -0.39 is 0 Å². The van der Waals surface area contributed by atoms with Crippen molar-refractivity contribution in [2.75, 3.05) is 0 Å². The van der Waals surface area contributed by atoms with E-state index in [0.29, 0.717) is 0 Å². The van der Waals surface area contributed by atoms with Gasteiger partial charge in [-0.3, -0.25) is 0 Å². The normalized spacial score (nSPS) is 12.1. The molecule has 0 aliphatic heterocycles. The predicted molar refractivity (Wildman–Crippen MR) is 70.4 cm³/mol. The number of rotatable bonds is 2. The van der Waals surface area contributed by atoms with E-state index in [4.69, 9.17) is 4.42 Å². The first-order valence-electron chi connectivity index (χ1n) is 5.47. The summed E-state index contributed by atoms with van der Waals surface area (Å²) >= 11 is 0. The number of fused-ring (bicyclic) bond motifs is 1. The summed E-state index contributed by atoms with van der Waals surface area (Å²) in [5.74, 6) is 0.932. The molecule has 0 fully saturated rings. The molecule has 1 aromatic carbocycles. The molecule has 1 heteroatoms. The number of para-hydroxylation sites is 1. The maximum atomic E-state index is 5.93. The Hall–Kier alpha value is -1.76. The first kappa shape index (κ1) is 10.7. The standard InChI is InChI=1S/C15H16O/c1-5-10(3)14-12(6-2)13-9-7-8-11(4)15(13)16-14/h5-9H,2H2,1,3-4H3/b10-5-. The Labute approximate surface area is 96.1 Å². The molecule has 0 bridgehead atoms. The fourth-order valence-corrected chi connectivity index (χ4v) is 1.91. The maximum Gasteiger partial charge on any atom is 0.138 e. The third kappa shape index (κ3) is 1.49. The molecule has 2 aromatic rings. The Morgan fingerprint density at radius 1 is 1.38 bits per heavy atom. The van der Waals surface area contributed by atoms with E-state index in [1.54, 1.807) is 0 Å². The van der Waals surface area contributed by atoms with Crippen molar-refractivity contribution in [1.29, 1.82) is 0 Å². The van der Waals surface area contributed by atoms with E-state index >= 15 is 0 Å². The molecule has 1 heterocycles. The molecule has 0 unspecified atom stereocenters. The maximum absolute atomic E-state index is 5.93. The highest BCUT2D eigenvalue weighted by Crippen LogP contribution is 2.32. The Kier molecular flexibility index (Phi) is 2.69. The highest BCUT2D eigenvalue weighted by atomic mass is 16.3. The number of benzene rings is 1. The second kappa shape index (κ2) is 4.01. The monoisotopic (exact) mass is 212 g/mol. The lowest BCUT2D eigenvalue weighted by Gasteiger charge is -1.96. The number of furan rings is 1. The highest BCUT2D eigenvalue weighted by molar-refractivity contribution is 5.93. The molecule has 2 rings (SSSR count). The summed E-state index contributed by atoms with van der Waals surface area (Å²) in [6.07, 6.45) is 3.92. The smallest absolute Gasteiger partial charge is 0.138 e. The van der Waals surface area contributed by atoms with Crippen molar-refractivity contribution in [2.24, 2.45) is 0 Å². The van der Waals surface area contributed by atoms with Crippen molar-refractivity contribution >= 4 is 22.6 Å². The molecule has 0 spiro atoms. The molecule has 1 aromatic heterocycles. The summed E-state index contributed by atoms with van der Waals surface area (Å²) in [6.45, 7) is 10.0. The summed E-state index contributed by atoms with van der Waals surface area (Å²) in [7, 11) is 0. The second-order valence-electron chi connectivity index (χ2n) is 3.97. The van der Waals surface area contributed by atoms with Crippen molar-refractivity contribution in [3.8, 4) is 0 Å². The van der Waals surface area contributed by atoms with Crippen molar-refractivity contribution in [1.82, 2.24) is 0 Å². The van der Waals surface area contributed by atoms with Crippen LogP contribution in [0.4, 0.5) is 0 Å². The summed E-state index contributed by atoms with van der Waals surface area (Å²) in [5.41, 5.74) is 4.36. The number of aryl methyl sites for hydroxylation is 1. The van der Waals surface area contributed by atoms with Gasteiger partial charge in [-0.1, -0.05) is 36.9 Å². The zero-order chi connectivity index (χ0) is 11.7. The van der Waals surface area contributed by atoms with E-state index in [9.17, 15) is 0 Å². The molecule has 0 aliphatic rings. The Morgan fingerprint density at radius 2 is 2.12 bits per heavy atom. The van der Waals surface area contributed by atoms with Crippen LogP contribution in [-0.2, 0) is 0 Å². The minimum absolute atomic E-state index is 0.932. The molecule has 0 amide bonds. The van der Waals surface area contributed by atoms with Crippen molar-refractivity contribution in [2.45, 2.75) is 20.8 Å². The van der Waals surface area contributed by atoms with Crippen LogP contribution < -0.4 is 0 Å². The molecule has 1 nitrogen and oxygen atoms in total. The number of allylic oxidation sites excluding steroid dienone is 2. The van der Waals surface area contributed by atoms with Gasteiger partial charge in [-0.15, -0.1) is 0 Å². The van der Waals surface area contributed by atoms with Gasteiger partial charge in [-0.2, -0.15) is 0 Å². The Bertz CT molecular complexity index is 570. The van der Waals surface area contributed by atoms with Crippen LogP contribution in [0.2, 0.25) is 0 Å². The van der Waals surface area contributed by atoms with Gasteiger partial charge in [0.05, 0.1) is 0 Å². The molecule has 0 aliphatic carbocycles. The predicted octanol–water partition coefficient (Wildman–Crippen LogP) is 4.81. The topological polar surface area (TPSA) is 13.1 Å². The fourth-order valence-electron chi connectivity index (χ4n) is 1.91. The minimum atomic E-state index is 0.932. The molecule has 0 N–H and O–H groups in total. The van der Waals surface area contributed by atoms with Gasteiger partial charge >= 0.3 is 0 Å². The van der Waals surface area contributed by atoms with Crippen LogP contribution in [-0.4, -0.2) is 0 Å². The summed E-state index contributed by atoms with van der Waals surface area (Å²) in [5, 5.41) is 1.14. The number of hydrogen-bond acceptors (Lipinski definition) is 1. The van der Waals surface area contributed by atoms with E-state index in [2.05, 4.69) is 44.7 Å². The lowest BCUT2D eigenvalue weighted by Crippen LogP contribution is -1.78. The first-order valence-corrected chi connectivity index (χ1v) is 5.47. The zero-order valence-corrected chi connectivity index (χ0v) is 10.0. The summed E-state index contributed by atoms with van der Waals surface area (Å²) in [4.78, 5) is 0. The van der Waals surface area contributed by atoms with Crippen LogP contribution in [0.3, 0.4) is 0 Å². The van der Waals surface area contributed by atoms with Gasteiger partial charge in [0.25, 0.3) is 0 Å². The molecular weight excluding hydrogens is 196 g/mol. The van der Waals surface area contributed by atoms with Crippen molar-refractivity contribution < 1.29 is 4.42 Å². The fraction of sp³-hybridized carbons (Fsp3) is 0.200. The largest absolute Gasteiger partial charge is 0.456 e. The zero-order valence-electron chi connectivity index (χ0n) is 10.0. The van der Waals surface area contributed by atoms with E-state index in [1.165, 1.54) is 0 Å². The Morgan fingerprint density at radius 3 is 2.75 bits per heavy atom.